The number of nitrogens with zero attached hydrogens (tertiary/aromatic N) is 4. The number of amides is 1. The Kier molecular flexibility index (Phi) is 5.39. The molecular weight excluding hydrogens is 404 g/mol. The van der Waals surface area contributed by atoms with Crippen molar-refractivity contribution in [2.75, 3.05) is 18.4 Å². The van der Waals surface area contributed by atoms with Gasteiger partial charge in [-0.3, -0.25) is 14.3 Å². The van der Waals surface area contributed by atoms with Crippen molar-refractivity contribution >= 4 is 28.3 Å². The lowest BCUT2D eigenvalue weighted by Crippen LogP contribution is -2.27. The molecule has 2 fully saturated rings. The van der Waals surface area contributed by atoms with Crippen LogP contribution in [0.3, 0.4) is 0 Å². The summed E-state index contributed by atoms with van der Waals surface area (Å²) in [5, 5.41) is 18.1. The zero-order valence-electron chi connectivity index (χ0n) is 17.9. The molecule has 1 aliphatic carbocycles. The second-order valence-electron chi connectivity index (χ2n) is 8.65. The van der Waals surface area contributed by atoms with E-state index in [0.29, 0.717) is 16.8 Å². The molecule has 0 spiro atoms. The van der Waals surface area contributed by atoms with Crippen molar-refractivity contribution in [2.24, 2.45) is 5.92 Å². The predicted octanol–water partition coefficient (Wildman–Crippen LogP) is 3.96. The summed E-state index contributed by atoms with van der Waals surface area (Å²) in [5.74, 6) is 0.401. The average molecular weight is 431 g/mol. The number of H-pyrrole nitrogens is 1. The number of aromatic nitrogens is 3. The molecule has 3 heterocycles. The molecule has 3 aromatic rings. The highest BCUT2D eigenvalue weighted by molar-refractivity contribution is 5.95. The zero-order valence-corrected chi connectivity index (χ0v) is 17.9. The number of benzene rings is 1. The highest BCUT2D eigenvalue weighted by Crippen LogP contribution is 2.36. The van der Waals surface area contributed by atoms with Gasteiger partial charge in [-0.2, -0.15) is 10.4 Å². The fourth-order valence-electron chi connectivity index (χ4n) is 4.93. The van der Waals surface area contributed by atoms with Crippen molar-refractivity contribution in [2.45, 2.75) is 44.6 Å². The minimum atomic E-state index is -0.221. The maximum absolute atomic E-state index is 12.7. The number of nitriles is 1. The number of carbonyl (C=O) groups is 1. The maximum Gasteiger partial charge on any atom is 0.261 e. The van der Waals surface area contributed by atoms with E-state index in [1.807, 2.05) is 27.8 Å². The van der Waals surface area contributed by atoms with Crippen LogP contribution in [0, 0.1) is 17.2 Å². The summed E-state index contributed by atoms with van der Waals surface area (Å²) in [5.41, 5.74) is 1.91. The molecule has 1 aromatic carbocycles. The van der Waals surface area contributed by atoms with Gasteiger partial charge in [0.1, 0.15) is 5.39 Å². The largest absolute Gasteiger partial charge is 0.339 e. The Morgan fingerprint density at radius 2 is 1.84 bits per heavy atom. The topological polar surface area (TPSA) is 107 Å². The summed E-state index contributed by atoms with van der Waals surface area (Å²) in [6, 6.07) is 11.5. The third-order valence-electron chi connectivity index (χ3n) is 6.63. The summed E-state index contributed by atoms with van der Waals surface area (Å²) < 4.78 is 1.85. The molecule has 2 aromatic heterocycles. The van der Waals surface area contributed by atoms with Gasteiger partial charge in [0.05, 0.1) is 23.5 Å². The average Bonchev–Trinajstić information content (AvgIpc) is 3.48. The molecule has 2 aliphatic rings. The number of carbonyl (C=O) groups excluding carboxylic acids is 1. The molecule has 8 heteroatoms. The molecule has 1 amide bonds. The van der Waals surface area contributed by atoms with E-state index in [0.717, 1.165) is 62.8 Å². The smallest absolute Gasteiger partial charge is 0.261 e. The van der Waals surface area contributed by atoms with Crippen molar-refractivity contribution in [1.82, 2.24) is 19.7 Å². The number of aromatic amines is 1. The summed E-state index contributed by atoms with van der Waals surface area (Å²) in [4.78, 5) is 29.9. The van der Waals surface area contributed by atoms with Crippen molar-refractivity contribution in [1.29, 1.82) is 5.26 Å². The monoisotopic (exact) mass is 430 g/mol. The van der Waals surface area contributed by atoms with Gasteiger partial charge in [0.15, 0.2) is 5.82 Å². The molecule has 32 heavy (non-hydrogen) atoms. The van der Waals surface area contributed by atoms with Crippen LogP contribution in [-0.4, -0.2) is 38.7 Å². The Bertz CT molecular complexity index is 1230. The molecule has 2 atom stereocenters. The van der Waals surface area contributed by atoms with Crippen molar-refractivity contribution in [3.63, 3.8) is 0 Å². The normalized spacial score (nSPS) is 20.9. The van der Waals surface area contributed by atoms with Crippen LogP contribution in [0.4, 0.5) is 11.5 Å². The summed E-state index contributed by atoms with van der Waals surface area (Å²) in [6.07, 6.45) is 7.54. The van der Waals surface area contributed by atoms with Gasteiger partial charge < -0.3 is 15.2 Å². The summed E-state index contributed by atoms with van der Waals surface area (Å²) in [7, 11) is 0. The Hall–Kier alpha value is -3.60. The van der Waals surface area contributed by atoms with Crippen molar-refractivity contribution in [3.8, 4) is 6.07 Å². The number of fused-ring (bicyclic) bond motifs is 1. The summed E-state index contributed by atoms with van der Waals surface area (Å²) >= 11 is 0. The first-order chi connectivity index (χ1) is 15.7. The fraction of sp³-hybridized carbons (Fsp3) is 0.417. The van der Waals surface area contributed by atoms with Crippen LogP contribution in [0.2, 0.25) is 0 Å². The molecule has 0 bridgehead atoms. The van der Waals surface area contributed by atoms with E-state index in [1.165, 1.54) is 0 Å². The number of hydrogen-bond acceptors (Lipinski definition) is 5. The second kappa shape index (κ2) is 8.50. The lowest BCUT2D eigenvalue weighted by Gasteiger charge is -2.27. The number of likely N-dealkylation sites (tertiary alicyclic amines) is 1. The van der Waals surface area contributed by atoms with Gasteiger partial charge in [0, 0.05) is 30.5 Å². The van der Waals surface area contributed by atoms with Gasteiger partial charge >= 0.3 is 0 Å². The van der Waals surface area contributed by atoms with Crippen LogP contribution >= 0.6 is 0 Å². The molecule has 1 saturated heterocycles. The van der Waals surface area contributed by atoms with E-state index in [-0.39, 0.29) is 23.4 Å². The highest BCUT2D eigenvalue weighted by Gasteiger charge is 2.30. The maximum atomic E-state index is 12.7. The molecule has 164 valence electrons. The molecule has 1 aliphatic heterocycles. The first-order valence-corrected chi connectivity index (χ1v) is 11.3. The standard InChI is InChI=1S/C24H26N6O2/c25-15-17-5-1-2-6-19(17)30-20-11-12-26-23(31)21(20)22(28-30)27-18-9-7-16(8-10-18)24(32)29-13-3-4-14-29/h7-12,17,19H,1-6,13-14H2,(H,26,31)(H,27,28). The van der Waals surface area contributed by atoms with Gasteiger partial charge in [-0.05, 0) is 56.0 Å². The van der Waals surface area contributed by atoms with E-state index in [1.54, 1.807) is 18.3 Å². The van der Waals surface area contributed by atoms with Gasteiger partial charge in [0.2, 0.25) is 0 Å². The third kappa shape index (κ3) is 3.64. The number of anilines is 2. The van der Waals surface area contributed by atoms with E-state index >= 15 is 0 Å². The highest BCUT2D eigenvalue weighted by atomic mass is 16.2. The Morgan fingerprint density at radius 3 is 2.59 bits per heavy atom. The molecule has 1 saturated carbocycles. The molecule has 2 N–H and O–H groups in total. The fourth-order valence-corrected chi connectivity index (χ4v) is 4.93. The SMILES string of the molecule is N#CC1CCCCC1n1nc(Nc2ccc(C(=O)N3CCCC3)cc2)c2c(=O)[nH]ccc21. The van der Waals surface area contributed by atoms with Crippen LogP contribution in [0.5, 0.6) is 0 Å². The van der Waals surface area contributed by atoms with Crippen LogP contribution in [0.1, 0.15) is 54.9 Å². The third-order valence-corrected chi connectivity index (χ3v) is 6.63. The first-order valence-electron chi connectivity index (χ1n) is 11.3. The van der Waals surface area contributed by atoms with Gasteiger partial charge in [0.25, 0.3) is 11.5 Å². The number of nitrogens with one attached hydrogen (secondary N) is 2. The second-order valence-corrected chi connectivity index (χ2v) is 8.65. The van der Waals surface area contributed by atoms with Crippen LogP contribution in [-0.2, 0) is 0 Å². The van der Waals surface area contributed by atoms with E-state index < -0.39 is 0 Å². The molecule has 8 nitrogen and oxygen atoms in total. The van der Waals surface area contributed by atoms with Crippen molar-refractivity contribution in [3.05, 3.63) is 52.4 Å². The lowest BCUT2D eigenvalue weighted by molar-refractivity contribution is 0.0793. The minimum Gasteiger partial charge on any atom is -0.339 e. The minimum absolute atomic E-state index is 0.0472. The number of hydrogen-bond donors (Lipinski definition) is 2. The molecule has 5 rings (SSSR count). The van der Waals surface area contributed by atoms with E-state index in [4.69, 9.17) is 5.10 Å². The van der Waals surface area contributed by atoms with Crippen molar-refractivity contribution < 1.29 is 4.79 Å². The van der Waals surface area contributed by atoms with E-state index in [9.17, 15) is 14.9 Å². The van der Waals surface area contributed by atoms with Crippen LogP contribution < -0.4 is 10.9 Å². The predicted molar refractivity (Wildman–Crippen MR) is 122 cm³/mol. The Balaban J connectivity index is 1.46. The molecule has 2 unspecified atom stereocenters. The number of pyridine rings is 1. The molecule has 0 radical (unpaired) electrons. The van der Waals surface area contributed by atoms with E-state index in [2.05, 4.69) is 16.4 Å². The van der Waals surface area contributed by atoms with Crippen LogP contribution in [0.25, 0.3) is 10.9 Å². The Morgan fingerprint density at radius 1 is 1.09 bits per heavy atom. The van der Waals surface area contributed by atoms with Gasteiger partial charge in [-0.15, -0.1) is 0 Å². The number of rotatable bonds is 4. The van der Waals surface area contributed by atoms with Gasteiger partial charge in [-0.25, -0.2) is 0 Å². The lowest BCUT2D eigenvalue weighted by atomic mass is 9.85. The first kappa shape index (κ1) is 20.3. The Labute approximate surface area is 185 Å². The van der Waals surface area contributed by atoms with Gasteiger partial charge in [-0.1, -0.05) is 12.8 Å². The van der Waals surface area contributed by atoms with Crippen LogP contribution in [0.15, 0.2) is 41.3 Å². The summed E-state index contributed by atoms with van der Waals surface area (Å²) in [6.45, 7) is 1.63. The zero-order chi connectivity index (χ0) is 22.1. The molecular formula is C24H26N6O2. The quantitative estimate of drug-likeness (QED) is 0.652.